The standard InChI is InChI=1S/C15H18ClN3OS/c1-3-7-17-14-9-11(6-8-18-14)15(20)19-10(2)12-4-5-13(16)21-12/h4-6,8-10H,3,7H2,1-2H3,(H,17,18)(H,19,20). The predicted molar refractivity (Wildman–Crippen MR) is 88.2 cm³/mol. The summed E-state index contributed by atoms with van der Waals surface area (Å²) < 4.78 is 0.723. The Morgan fingerprint density at radius 1 is 1.43 bits per heavy atom. The zero-order chi connectivity index (χ0) is 15.2. The van der Waals surface area contributed by atoms with E-state index in [0.29, 0.717) is 5.56 Å². The summed E-state index contributed by atoms with van der Waals surface area (Å²) in [6, 6.07) is 7.16. The van der Waals surface area contributed by atoms with Crippen molar-refractivity contribution in [2.45, 2.75) is 26.3 Å². The third kappa shape index (κ3) is 4.44. The van der Waals surface area contributed by atoms with Gasteiger partial charge in [-0.1, -0.05) is 18.5 Å². The van der Waals surface area contributed by atoms with Gasteiger partial charge in [0.15, 0.2) is 0 Å². The highest BCUT2D eigenvalue weighted by molar-refractivity contribution is 7.16. The summed E-state index contributed by atoms with van der Waals surface area (Å²) in [7, 11) is 0. The van der Waals surface area contributed by atoms with Gasteiger partial charge in [0, 0.05) is 23.2 Å². The zero-order valence-electron chi connectivity index (χ0n) is 12.0. The Bertz CT molecular complexity index is 614. The second kappa shape index (κ2) is 7.43. The monoisotopic (exact) mass is 323 g/mol. The second-order valence-corrected chi connectivity index (χ2v) is 6.44. The molecule has 2 N–H and O–H groups in total. The molecule has 0 bridgehead atoms. The van der Waals surface area contributed by atoms with Crippen molar-refractivity contribution in [1.29, 1.82) is 0 Å². The van der Waals surface area contributed by atoms with Crippen molar-refractivity contribution >= 4 is 34.7 Å². The average molecular weight is 324 g/mol. The Labute approximate surface area is 133 Å². The zero-order valence-corrected chi connectivity index (χ0v) is 13.6. The lowest BCUT2D eigenvalue weighted by Gasteiger charge is -2.12. The smallest absolute Gasteiger partial charge is 0.251 e. The number of hydrogen-bond donors (Lipinski definition) is 2. The van der Waals surface area contributed by atoms with Crippen LogP contribution in [-0.4, -0.2) is 17.4 Å². The maximum atomic E-state index is 12.3. The summed E-state index contributed by atoms with van der Waals surface area (Å²) in [4.78, 5) is 17.5. The van der Waals surface area contributed by atoms with E-state index < -0.39 is 0 Å². The SMILES string of the molecule is CCCNc1cc(C(=O)NC(C)c2ccc(Cl)s2)ccn1. The van der Waals surface area contributed by atoms with Gasteiger partial charge in [0.1, 0.15) is 5.82 Å². The Balaban J connectivity index is 2.02. The molecule has 0 fully saturated rings. The first-order chi connectivity index (χ1) is 10.1. The van der Waals surface area contributed by atoms with E-state index in [0.717, 1.165) is 28.0 Å². The number of aromatic nitrogens is 1. The van der Waals surface area contributed by atoms with Gasteiger partial charge in [0.2, 0.25) is 0 Å². The fourth-order valence-corrected chi connectivity index (χ4v) is 2.90. The molecule has 0 aliphatic carbocycles. The van der Waals surface area contributed by atoms with Gasteiger partial charge in [-0.2, -0.15) is 0 Å². The van der Waals surface area contributed by atoms with Crippen molar-refractivity contribution < 1.29 is 4.79 Å². The van der Waals surface area contributed by atoms with E-state index in [-0.39, 0.29) is 11.9 Å². The van der Waals surface area contributed by atoms with Crippen LogP contribution in [0.1, 0.15) is 41.5 Å². The summed E-state index contributed by atoms with van der Waals surface area (Å²) in [5.74, 6) is 0.602. The minimum Gasteiger partial charge on any atom is -0.370 e. The van der Waals surface area contributed by atoms with Crippen molar-refractivity contribution in [3.8, 4) is 0 Å². The molecule has 0 aliphatic heterocycles. The van der Waals surface area contributed by atoms with E-state index >= 15 is 0 Å². The van der Waals surface area contributed by atoms with E-state index in [2.05, 4.69) is 22.5 Å². The number of pyridine rings is 1. The number of anilines is 1. The van der Waals surface area contributed by atoms with Crippen LogP contribution in [0.3, 0.4) is 0 Å². The molecule has 1 atom stereocenters. The summed E-state index contributed by atoms with van der Waals surface area (Å²) in [5.41, 5.74) is 0.595. The van der Waals surface area contributed by atoms with Crippen LogP contribution in [0.25, 0.3) is 0 Å². The van der Waals surface area contributed by atoms with E-state index in [1.807, 2.05) is 19.1 Å². The van der Waals surface area contributed by atoms with Crippen LogP contribution in [0.2, 0.25) is 4.34 Å². The first kappa shape index (κ1) is 15.8. The number of nitrogens with one attached hydrogen (secondary N) is 2. The first-order valence-corrected chi connectivity index (χ1v) is 8.05. The maximum absolute atomic E-state index is 12.3. The van der Waals surface area contributed by atoms with Crippen molar-refractivity contribution in [1.82, 2.24) is 10.3 Å². The van der Waals surface area contributed by atoms with Crippen molar-refractivity contribution in [3.63, 3.8) is 0 Å². The molecule has 6 heteroatoms. The van der Waals surface area contributed by atoms with Crippen LogP contribution in [0.15, 0.2) is 30.5 Å². The molecule has 4 nitrogen and oxygen atoms in total. The van der Waals surface area contributed by atoms with E-state index in [4.69, 9.17) is 11.6 Å². The van der Waals surface area contributed by atoms with Gasteiger partial charge in [-0.3, -0.25) is 4.79 Å². The minimum absolute atomic E-state index is 0.0739. The molecule has 1 unspecified atom stereocenters. The van der Waals surface area contributed by atoms with Gasteiger partial charge in [0.05, 0.1) is 10.4 Å². The lowest BCUT2D eigenvalue weighted by Crippen LogP contribution is -2.26. The Morgan fingerprint density at radius 2 is 2.24 bits per heavy atom. The lowest BCUT2D eigenvalue weighted by molar-refractivity contribution is 0.0940. The number of amides is 1. The van der Waals surface area contributed by atoms with Crippen LogP contribution in [0.4, 0.5) is 5.82 Å². The first-order valence-electron chi connectivity index (χ1n) is 6.86. The third-order valence-electron chi connectivity index (χ3n) is 2.95. The third-order valence-corrected chi connectivity index (χ3v) is 4.36. The highest BCUT2D eigenvalue weighted by atomic mass is 35.5. The Morgan fingerprint density at radius 3 is 2.90 bits per heavy atom. The lowest BCUT2D eigenvalue weighted by atomic mass is 10.2. The molecule has 0 spiro atoms. The highest BCUT2D eigenvalue weighted by Crippen LogP contribution is 2.26. The van der Waals surface area contributed by atoms with Crippen LogP contribution >= 0.6 is 22.9 Å². The highest BCUT2D eigenvalue weighted by Gasteiger charge is 2.13. The molecule has 2 rings (SSSR count). The van der Waals surface area contributed by atoms with Crippen molar-refractivity contribution in [2.75, 3.05) is 11.9 Å². The molecule has 0 aliphatic rings. The largest absolute Gasteiger partial charge is 0.370 e. The number of rotatable bonds is 6. The molecular formula is C15H18ClN3OS. The molecule has 2 heterocycles. The van der Waals surface area contributed by atoms with E-state index in [1.54, 1.807) is 18.3 Å². The average Bonchev–Trinajstić information content (AvgIpc) is 2.92. The van der Waals surface area contributed by atoms with Crippen molar-refractivity contribution in [2.24, 2.45) is 0 Å². The number of halogens is 1. The topological polar surface area (TPSA) is 54.0 Å². The number of nitrogens with zero attached hydrogens (tertiary/aromatic N) is 1. The molecule has 112 valence electrons. The molecule has 21 heavy (non-hydrogen) atoms. The summed E-state index contributed by atoms with van der Waals surface area (Å²) >= 11 is 7.39. The van der Waals surface area contributed by atoms with E-state index in [9.17, 15) is 4.79 Å². The molecule has 0 aromatic carbocycles. The van der Waals surface area contributed by atoms with Gasteiger partial charge in [0.25, 0.3) is 5.91 Å². The predicted octanol–water partition coefficient (Wildman–Crippen LogP) is 4.11. The van der Waals surface area contributed by atoms with Gasteiger partial charge in [-0.05, 0) is 37.6 Å². The minimum atomic E-state index is -0.117. The van der Waals surface area contributed by atoms with Crippen LogP contribution in [0, 0.1) is 0 Å². The van der Waals surface area contributed by atoms with Gasteiger partial charge in [-0.15, -0.1) is 11.3 Å². The Hall–Kier alpha value is -1.59. The fourth-order valence-electron chi connectivity index (χ4n) is 1.83. The quantitative estimate of drug-likeness (QED) is 0.841. The van der Waals surface area contributed by atoms with Gasteiger partial charge >= 0.3 is 0 Å². The molecule has 2 aromatic heterocycles. The summed E-state index contributed by atoms with van der Waals surface area (Å²) in [5, 5.41) is 6.14. The number of thiophene rings is 1. The fraction of sp³-hybridized carbons (Fsp3) is 0.333. The number of carbonyl (C=O) groups is 1. The summed E-state index contributed by atoms with van der Waals surface area (Å²) in [6.07, 6.45) is 2.65. The number of carbonyl (C=O) groups excluding carboxylic acids is 1. The van der Waals surface area contributed by atoms with Crippen LogP contribution < -0.4 is 10.6 Å². The molecule has 2 aromatic rings. The molecule has 1 amide bonds. The molecule has 0 saturated carbocycles. The molecule has 0 radical (unpaired) electrons. The van der Waals surface area contributed by atoms with Crippen LogP contribution in [-0.2, 0) is 0 Å². The van der Waals surface area contributed by atoms with E-state index in [1.165, 1.54) is 11.3 Å². The normalized spacial score (nSPS) is 12.0. The van der Waals surface area contributed by atoms with Crippen molar-refractivity contribution in [3.05, 3.63) is 45.2 Å². The number of hydrogen-bond acceptors (Lipinski definition) is 4. The molecular weight excluding hydrogens is 306 g/mol. The van der Waals surface area contributed by atoms with Crippen LogP contribution in [0.5, 0.6) is 0 Å². The Kier molecular flexibility index (Phi) is 5.59. The van der Waals surface area contributed by atoms with Gasteiger partial charge < -0.3 is 10.6 Å². The maximum Gasteiger partial charge on any atom is 0.251 e. The van der Waals surface area contributed by atoms with Gasteiger partial charge in [-0.25, -0.2) is 4.98 Å². The summed E-state index contributed by atoms with van der Waals surface area (Å²) in [6.45, 7) is 4.86. The second-order valence-electron chi connectivity index (χ2n) is 4.69. The molecule has 0 saturated heterocycles.